The molecule has 2 N–H and O–H groups in total. The first-order valence-corrected chi connectivity index (χ1v) is 30.5. The van der Waals surface area contributed by atoms with Gasteiger partial charge in [-0.3, -0.25) is 4.79 Å². The van der Waals surface area contributed by atoms with Crippen LogP contribution in [0, 0.1) is 44.0 Å². The first-order chi connectivity index (χ1) is 37.1. The van der Waals surface area contributed by atoms with Gasteiger partial charge in [-0.25, -0.2) is 19.4 Å². The van der Waals surface area contributed by atoms with Crippen LogP contribution in [0.25, 0.3) is 21.5 Å². The van der Waals surface area contributed by atoms with Crippen LogP contribution in [0.3, 0.4) is 0 Å². The minimum atomic E-state index is -0.953. The average molecular weight is 1550 g/mol. The van der Waals surface area contributed by atoms with Gasteiger partial charge in [0.25, 0.3) is 0 Å². The second kappa shape index (κ2) is 29.8. The van der Waals surface area contributed by atoms with Gasteiger partial charge in [-0.05, 0) is 183 Å². The van der Waals surface area contributed by atoms with Crippen molar-refractivity contribution >= 4 is 153 Å². The fourth-order valence-corrected chi connectivity index (χ4v) is 9.64. The highest BCUT2D eigenvalue weighted by molar-refractivity contribution is 14.1. The number of allylic oxidation sites excluding steroid dienone is 2. The molecule has 16 heteroatoms. The highest BCUT2D eigenvalue weighted by Crippen LogP contribution is 2.35. The summed E-state index contributed by atoms with van der Waals surface area (Å²) in [6, 6.07) is 31.1. The summed E-state index contributed by atoms with van der Waals surface area (Å²) in [7, 11) is 0. The zero-order valence-electron chi connectivity index (χ0n) is 47.9. The fourth-order valence-electron chi connectivity index (χ4n) is 6.38. The SMILES string of the molecule is C#CC(C)(C)C.CC(C)(C)/C=C1\Oc2cc(Br)ccc2C1=O.CC(C)(C)C#Cc1cc(Br)ccc1C(=O)O.CC(C)(C)c1cc2cc(Br)ccc2c(=O)o1.CC(C)(C)c1cc2cc(Br)ccc2c(Cl)n1.O=C(O)c1ccc(Br)cc1I. The molecule has 81 heavy (non-hydrogen) atoms. The van der Waals surface area contributed by atoms with E-state index in [2.05, 4.69) is 135 Å². The van der Waals surface area contributed by atoms with Crippen molar-refractivity contribution in [1.82, 2.24) is 4.98 Å². The maximum Gasteiger partial charge on any atom is 0.343 e. The third-order valence-electron chi connectivity index (χ3n) is 10.6. The Hall–Kier alpha value is -4.59. The monoisotopic (exact) mass is 1540 g/mol. The molecule has 3 heterocycles. The first-order valence-electron chi connectivity index (χ1n) is 25.1. The lowest BCUT2D eigenvalue weighted by atomic mass is 9.91. The van der Waals surface area contributed by atoms with Crippen molar-refractivity contribution in [3.63, 3.8) is 0 Å². The number of halogens is 7. The highest BCUT2D eigenvalue weighted by atomic mass is 127. The molecule has 8 rings (SSSR count). The zero-order chi connectivity index (χ0) is 61.7. The van der Waals surface area contributed by atoms with Crippen LogP contribution in [-0.4, -0.2) is 32.9 Å². The number of pyridine rings is 1. The van der Waals surface area contributed by atoms with Gasteiger partial charge in [-0.1, -0.05) is 171 Å². The van der Waals surface area contributed by atoms with E-state index in [-0.39, 0.29) is 44.0 Å². The molecule has 9 nitrogen and oxygen atoms in total. The van der Waals surface area contributed by atoms with Crippen LogP contribution in [0.5, 0.6) is 5.75 Å². The van der Waals surface area contributed by atoms with Gasteiger partial charge in [0.15, 0.2) is 5.76 Å². The number of ketones is 1. The Bertz CT molecular complexity index is 3650. The summed E-state index contributed by atoms with van der Waals surface area (Å²) in [6.45, 7) is 30.6. The minimum absolute atomic E-state index is 0.0140. The lowest BCUT2D eigenvalue weighted by Gasteiger charge is -2.18. The highest BCUT2D eigenvalue weighted by Gasteiger charge is 2.29. The molecule has 0 unspecified atom stereocenters. The van der Waals surface area contributed by atoms with Gasteiger partial charge >= 0.3 is 17.6 Å². The Morgan fingerprint density at radius 2 is 1.09 bits per heavy atom. The molecule has 1 aliphatic rings. The van der Waals surface area contributed by atoms with Gasteiger partial charge in [0.05, 0.1) is 22.1 Å². The summed E-state index contributed by atoms with van der Waals surface area (Å²) in [5.74, 6) is 8.45. The van der Waals surface area contributed by atoms with Gasteiger partial charge in [0.1, 0.15) is 16.7 Å². The van der Waals surface area contributed by atoms with Crippen molar-refractivity contribution in [1.29, 1.82) is 0 Å². The summed E-state index contributed by atoms with van der Waals surface area (Å²) in [5.41, 5.74) is 2.22. The van der Waals surface area contributed by atoms with Gasteiger partial charge in [0, 0.05) is 64.2 Å². The van der Waals surface area contributed by atoms with E-state index in [4.69, 9.17) is 37.4 Å². The molecule has 0 aliphatic carbocycles. The number of carbonyl (C=O) groups is 3. The van der Waals surface area contributed by atoms with E-state index in [1.165, 1.54) is 0 Å². The van der Waals surface area contributed by atoms with Crippen molar-refractivity contribution < 1.29 is 33.8 Å². The number of benzene rings is 5. The van der Waals surface area contributed by atoms with E-state index in [0.717, 1.165) is 47.8 Å². The van der Waals surface area contributed by atoms with E-state index in [9.17, 15) is 19.2 Å². The molecule has 2 aromatic heterocycles. The smallest absolute Gasteiger partial charge is 0.343 e. The summed E-state index contributed by atoms with van der Waals surface area (Å²) in [5, 5.41) is 21.9. The molecule has 0 atom stereocenters. The molecule has 0 amide bonds. The van der Waals surface area contributed by atoms with Crippen molar-refractivity contribution in [2.45, 2.75) is 115 Å². The number of aromatic carboxylic acids is 2. The number of aromatic nitrogens is 1. The van der Waals surface area contributed by atoms with Crippen LogP contribution in [0.15, 0.2) is 147 Å². The molecular weight excluding hydrogens is 1480 g/mol. The predicted molar refractivity (Wildman–Crippen MR) is 358 cm³/mol. The van der Waals surface area contributed by atoms with Gasteiger partial charge in [-0.2, -0.15) is 0 Å². The number of hydrogen-bond donors (Lipinski definition) is 2. The molecule has 0 fully saturated rings. The standard InChI is InChI=1S/C13H13BrClN.3C13H13BrO2.C7H4BrIO2.C6H10/c2*1-13(2,3)11-7-8-6-9(14)4-5-10(8)12(15)16-11;1-13(2,3)7-11-12(15)9-5-4-8(14)6-10(9)16-11;1-13(2,3)7-6-9-8-10(14)4-5-11(9)12(15)16;8-4-1-2-5(7(10)11)6(9)3-4;1-5-6(2,3)4/h3*4-7H,1-3H3;4-5,8H,1-3H3,(H,15,16);1-3H,(H,10,11);1H,2-4H3/b;;11-7-;;;. The lowest BCUT2D eigenvalue weighted by molar-refractivity contribution is 0.0685. The van der Waals surface area contributed by atoms with Crippen LogP contribution in [0.2, 0.25) is 5.15 Å². The fraction of sp³-hybridized carbons (Fsp3) is 0.308. The van der Waals surface area contributed by atoms with Crippen LogP contribution in [-0.2, 0) is 10.8 Å². The number of ether oxygens (including phenoxy) is 1. The van der Waals surface area contributed by atoms with Crippen LogP contribution in [0.1, 0.15) is 152 Å². The Morgan fingerprint density at radius 1 is 0.617 bits per heavy atom. The maximum absolute atomic E-state index is 12.0. The number of fused-ring (bicyclic) bond motifs is 3. The Kier molecular flexibility index (Phi) is 26.0. The van der Waals surface area contributed by atoms with Crippen molar-refractivity contribution in [2.24, 2.45) is 16.2 Å². The second-order valence-corrected chi connectivity index (χ2v) is 29.7. The zero-order valence-corrected chi connectivity index (χ0v) is 58.7. The van der Waals surface area contributed by atoms with Gasteiger partial charge in [0.2, 0.25) is 5.78 Å². The molecular formula is C65H66Br5ClINO8. The molecule has 7 aromatic rings. The lowest BCUT2D eigenvalue weighted by Crippen LogP contribution is -2.14. The second-order valence-electron chi connectivity index (χ2n) is 23.6. The summed E-state index contributed by atoms with van der Waals surface area (Å²) in [6.07, 6.45) is 6.92. The maximum atomic E-state index is 12.0. The summed E-state index contributed by atoms with van der Waals surface area (Å²) >= 11 is 25.0. The molecule has 1 aliphatic heterocycles. The Morgan fingerprint density at radius 3 is 1.57 bits per heavy atom. The largest absolute Gasteiger partial charge is 0.478 e. The molecule has 5 aromatic carbocycles. The summed E-state index contributed by atoms with van der Waals surface area (Å²) < 4.78 is 16.3. The van der Waals surface area contributed by atoms with E-state index in [1.54, 1.807) is 48.5 Å². The van der Waals surface area contributed by atoms with Crippen LogP contribution >= 0.6 is 114 Å². The molecule has 0 saturated carbocycles. The number of carboxylic acid groups (broad SMARTS) is 2. The normalized spacial score (nSPS) is 12.4. The molecule has 0 saturated heterocycles. The number of terminal acetylenes is 1. The van der Waals surface area contributed by atoms with Crippen LogP contribution < -0.4 is 10.4 Å². The number of nitrogens with zero attached hydrogens (tertiary/aromatic N) is 1. The molecule has 0 radical (unpaired) electrons. The third kappa shape index (κ3) is 23.9. The average Bonchev–Trinajstić information content (AvgIpc) is 3.79. The quantitative estimate of drug-likeness (QED) is 0.0748. The van der Waals surface area contributed by atoms with Gasteiger partial charge in [-0.15, -0.1) is 12.3 Å². The minimum Gasteiger partial charge on any atom is -0.478 e. The molecule has 428 valence electrons. The van der Waals surface area contributed by atoms with Gasteiger partial charge < -0.3 is 19.4 Å². The Labute approximate surface area is 537 Å². The van der Waals surface area contributed by atoms with E-state index >= 15 is 0 Å². The number of Topliss-reactive ketones (excluding diaryl/α,β-unsaturated/α-hetero) is 1. The van der Waals surface area contributed by atoms with E-state index < -0.39 is 11.9 Å². The van der Waals surface area contributed by atoms with Crippen molar-refractivity contribution in [3.8, 4) is 29.9 Å². The Balaban J connectivity index is 0.000000260. The van der Waals surface area contributed by atoms with E-state index in [1.807, 2.05) is 154 Å². The number of carboxylic acids is 2. The molecule has 0 bridgehead atoms. The topological polar surface area (TPSA) is 144 Å². The third-order valence-corrected chi connectivity index (χ3v) is 14.2. The predicted octanol–water partition coefficient (Wildman–Crippen LogP) is 20.7. The first kappa shape index (κ1) is 70.7. The van der Waals surface area contributed by atoms with E-state index in [0.29, 0.717) is 44.5 Å². The number of carbonyl (C=O) groups excluding carboxylic acids is 1. The molecule has 0 spiro atoms. The number of hydrogen-bond acceptors (Lipinski definition) is 7. The van der Waals surface area contributed by atoms with Crippen molar-refractivity contribution in [2.75, 3.05) is 0 Å². The summed E-state index contributed by atoms with van der Waals surface area (Å²) in [4.78, 5) is 49.7. The van der Waals surface area contributed by atoms with Crippen LogP contribution in [0.4, 0.5) is 0 Å². The van der Waals surface area contributed by atoms with Crippen molar-refractivity contribution in [3.05, 3.63) is 190 Å². The number of rotatable bonds is 2.